The summed E-state index contributed by atoms with van der Waals surface area (Å²) in [6.07, 6.45) is 11.3. The topological polar surface area (TPSA) is 24.5 Å². The van der Waals surface area contributed by atoms with E-state index < -0.39 is 0 Å². The SMILES string of the molecule is CCCN1CCC(C(C)NCCOC2CCCCC2)CC1. The van der Waals surface area contributed by atoms with Gasteiger partial charge in [0.15, 0.2) is 0 Å². The number of hydrogen-bond acceptors (Lipinski definition) is 3. The molecule has 3 heteroatoms. The maximum absolute atomic E-state index is 6.00. The highest BCUT2D eigenvalue weighted by atomic mass is 16.5. The highest BCUT2D eigenvalue weighted by Gasteiger charge is 2.23. The third-order valence-corrected chi connectivity index (χ3v) is 5.35. The molecule has 1 heterocycles. The molecule has 124 valence electrons. The van der Waals surface area contributed by atoms with Crippen molar-refractivity contribution in [3.63, 3.8) is 0 Å². The van der Waals surface area contributed by atoms with Crippen LogP contribution in [0.4, 0.5) is 0 Å². The molecular weight excluding hydrogens is 260 g/mol. The van der Waals surface area contributed by atoms with Crippen LogP contribution in [0, 0.1) is 5.92 Å². The molecule has 3 nitrogen and oxygen atoms in total. The lowest BCUT2D eigenvalue weighted by Gasteiger charge is -2.35. The number of ether oxygens (including phenoxy) is 1. The fourth-order valence-corrected chi connectivity index (χ4v) is 3.90. The van der Waals surface area contributed by atoms with Gasteiger partial charge in [-0.3, -0.25) is 0 Å². The largest absolute Gasteiger partial charge is 0.377 e. The van der Waals surface area contributed by atoms with Crippen LogP contribution in [0.1, 0.15) is 65.2 Å². The summed E-state index contributed by atoms with van der Waals surface area (Å²) < 4.78 is 6.00. The van der Waals surface area contributed by atoms with E-state index in [-0.39, 0.29) is 0 Å². The minimum absolute atomic E-state index is 0.549. The zero-order valence-electron chi connectivity index (χ0n) is 14.3. The minimum atomic E-state index is 0.549. The van der Waals surface area contributed by atoms with Gasteiger partial charge in [-0.1, -0.05) is 26.2 Å². The van der Waals surface area contributed by atoms with Crippen molar-refractivity contribution in [2.24, 2.45) is 5.92 Å². The molecular formula is C18H36N2O. The molecule has 0 bridgehead atoms. The molecule has 2 rings (SSSR count). The minimum Gasteiger partial charge on any atom is -0.377 e. The Balaban J connectivity index is 1.52. The number of rotatable bonds is 8. The van der Waals surface area contributed by atoms with Gasteiger partial charge in [0.1, 0.15) is 0 Å². The summed E-state index contributed by atoms with van der Waals surface area (Å²) in [4.78, 5) is 2.62. The summed E-state index contributed by atoms with van der Waals surface area (Å²) in [7, 11) is 0. The monoisotopic (exact) mass is 296 g/mol. The Bertz CT molecular complexity index is 258. The van der Waals surface area contributed by atoms with E-state index in [0.717, 1.165) is 19.1 Å². The fourth-order valence-electron chi connectivity index (χ4n) is 3.90. The zero-order valence-corrected chi connectivity index (χ0v) is 14.3. The van der Waals surface area contributed by atoms with Gasteiger partial charge in [-0.2, -0.15) is 0 Å². The number of nitrogens with zero attached hydrogens (tertiary/aromatic N) is 1. The Morgan fingerprint density at radius 2 is 1.81 bits per heavy atom. The van der Waals surface area contributed by atoms with Gasteiger partial charge in [0, 0.05) is 12.6 Å². The van der Waals surface area contributed by atoms with Crippen LogP contribution >= 0.6 is 0 Å². The number of likely N-dealkylation sites (tertiary alicyclic amines) is 1. The maximum atomic E-state index is 6.00. The molecule has 0 aromatic heterocycles. The first-order chi connectivity index (χ1) is 10.3. The van der Waals surface area contributed by atoms with Gasteiger partial charge in [0.2, 0.25) is 0 Å². The molecule has 1 saturated heterocycles. The van der Waals surface area contributed by atoms with Crippen LogP contribution in [0.2, 0.25) is 0 Å². The van der Waals surface area contributed by atoms with Crippen LogP contribution in [0.15, 0.2) is 0 Å². The van der Waals surface area contributed by atoms with Crippen molar-refractivity contribution in [2.75, 3.05) is 32.8 Å². The Kier molecular flexibility index (Phi) is 8.05. The quantitative estimate of drug-likeness (QED) is 0.695. The Morgan fingerprint density at radius 3 is 2.48 bits per heavy atom. The fraction of sp³-hybridized carbons (Fsp3) is 1.00. The lowest BCUT2D eigenvalue weighted by Crippen LogP contribution is -2.43. The second kappa shape index (κ2) is 9.81. The van der Waals surface area contributed by atoms with Gasteiger partial charge in [-0.25, -0.2) is 0 Å². The average Bonchev–Trinajstić information content (AvgIpc) is 2.53. The average molecular weight is 296 g/mol. The van der Waals surface area contributed by atoms with Gasteiger partial charge in [-0.15, -0.1) is 0 Å². The second-order valence-corrected chi connectivity index (χ2v) is 7.05. The zero-order chi connectivity index (χ0) is 14.9. The predicted molar refractivity (Wildman–Crippen MR) is 89.7 cm³/mol. The lowest BCUT2D eigenvalue weighted by atomic mass is 9.90. The van der Waals surface area contributed by atoms with E-state index in [4.69, 9.17) is 4.74 Å². The first-order valence-corrected chi connectivity index (χ1v) is 9.37. The van der Waals surface area contributed by atoms with E-state index in [0.29, 0.717) is 12.1 Å². The van der Waals surface area contributed by atoms with Crippen molar-refractivity contribution in [2.45, 2.75) is 77.4 Å². The van der Waals surface area contributed by atoms with Crippen LogP contribution < -0.4 is 5.32 Å². The van der Waals surface area contributed by atoms with E-state index >= 15 is 0 Å². The maximum Gasteiger partial charge on any atom is 0.0594 e. The van der Waals surface area contributed by atoms with Crippen LogP contribution in [-0.2, 0) is 4.74 Å². The molecule has 2 fully saturated rings. The summed E-state index contributed by atoms with van der Waals surface area (Å²) in [6, 6.07) is 0.642. The van der Waals surface area contributed by atoms with Gasteiger partial charge in [-0.05, 0) is 64.6 Å². The highest BCUT2D eigenvalue weighted by Crippen LogP contribution is 2.21. The summed E-state index contributed by atoms with van der Waals surface area (Å²) in [5, 5.41) is 3.70. The van der Waals surface area contributed by atoms with Crippen molar-refractivity contribution in [1.29, 1.82) is 0 Å². The van der Waals surface area contributed by atoms with Crippen molar-refractivity contribution in [3.05, 3.63) is 0 Å². The number of hydrogen-bond donors (Lipinski definition) is 1. The van der Waals surface area contributed by atoms with Gasteiger partial charge >= 0.3 is 0 Å². The Morgan fingerprint density at radius 1 is 1.10 bits per heavy atom. The van der Waals surface area contributed by atoms with Crippen molar-refractivity contribution < 1.29 is 4.74 Å². The van der Waals surface area contributed by atoms with Crippen LogP contribution in [0.3, 0.4) is 0 Å². The Labute approximate surface area is 131 Å². The summed E-state index contributed by atoms with van der Waals surface area (Å²) in [5.41, 5.74) is 0. The van der Waals surface area contributed by atoms with Crippen LogP contribution in [-0.4, -0.2) is 49.8 Å². The van der Waals surface area contributed by atoms with E-state index in [1.54, 1.807) is 0 Å². The third-order valence-electron chi connectivity index (χ3n) is 5.35. The van der Waals surface area contributed by atoms with Crippen LogP contribution in [0.5, 0.6) is 0 Å². The van der Waals surface area contributed by atoms with E-state index in [9.17, 15) is 0 Å². The Hall–Kier alpha value is -0.120. The number of piperidine rings is 1. The molecule has 1 atom stereocenters. The van der Waals surface area contributed by atoms with Crippen molar-refractivity contribution in [3.8, 4) is 0 Å². The standard InChI is InChI=1S/C18H36N2O/c1-3-12-20-13-9-17(10-14-20)16(2)19-11-15-21-18-7-5-4-6-8-18/h16-19H,3-15H2,1-2H3. The van der Waals surface area contributed by atoms with E-state index in [1.165, 1.54) is 71.0 Å². The summed E-state index contributed by atoms with van der Waals surface area (Å²) in [5.74, 6) is 0.854. The molecule has 0 radical (unpaired) electrons. The van der Waals surface area contributed by atoms with Gasteiger partial charge < -0.3 is 15.0 Å². The first kappa shape index (κ1) is 17.2. The normalized spacial score (nSPS) is 24.3. The molecule has 21 heavy (non-hydrogen) atoms. The molecule has 1 saturated carbocycles. The first-order valence-electron chi connectivity index (χ1n) is 9.37. The van der Waals surface area contributed by atoms with E-state index in [2.05, 4.69) is 24.1 Å². The molecule has 0 amide bonds. The molecule has 0 aromatic rings. The number of nitrogens with one attached hydrogen (secondary N) is 1. The smallest absolute Gasteiger partial charge is 0.0594 e. The van der Waals surface area contributed by atoms with E-state index in [1.807, 2.05) is 0 Å². The van der Waals surface area contributed by atoms with Gasteiger partial charge in [0.05, 0.1) is 12.7 Å². The lowest BCUT2D eigenvalue weighted by molar-refractivity contribution is 0.0282. The summed E-state index contributed by atoms with van der Waals surface area (Å²) >= 11 is 0. The molecule has 1 aliphatic carbocycles. The predicted octanol–water partition coefficient (Wildman–Crippen LogP) is 3.44. The molecule has 0 aromatic carbocycles. The molecule has 1 N–H and O–H groups in total. The third kappa shape index (κ3) is 6.25. The second-order valence-electron chi connectivity index (χ2n) is 7.05. The summed E-state index contributed by atoms with van der Waals surface area (Å²) in [6.45, 7) is 10.4. The molecule has 0 spiro atoms. The molecule has 2 aliphatic rings. The van der Waals surface area contributed by atoms with Gasteiger partial charge in [0.25, 0.3) is 0 Å². The van der Waals surface area contributed by atoms with Crippen molar-refractivity contribution >= 4 is 0 Å². The molecule has 1 unspecified atom stereocenters. The molecule has 1 aliphatic heterocycles. The van der Waals surface area contributed by atoms with Crippen molar-refractivity contribution in [1.82, 2.24) is 10.2 Å². The highest BCUT2D eigenvalue weighted by molar-refractivity contribution is 4.79. The van der Waals surface area contributed by atoms with Crippen LogP contribution in [0.25, 0.3) is 0 Å².